The van der Waals surface area contributed by atoms with Crippen LogP contribution in [0.1, 0.15) is 251 Å². The summed E-state index contributed by atoms with van der Waals surface area (Å²) in [6, 6.07) is 0. The average Bonchev–Trinajstić information content (AvgIpc) is 3.24. The smallest absolute Gasteiger partial charge is 0.462 e. The van der Waals surface area contributed by atoms with Crippen LogP contribution in [0.2, 0.25) is 0 Å². The van der Waals surface area contributed by atoms with E-state index in [4.69, 9.17) is 24.3 Å². The Morgan fingerprint density at radius 3 is 1.27 bits per heavy atom. The molecule has 0 saturated heterocycles. The van der Waals surface area contributed by atoms with Gasteiger partial charge in [0.05, 0.1) is 13.2 Å². The molecule has 10 heteroatoms. The molecule has 0 heterocycles. The zero-order valence-electron chi connectivity index (χ0n) is 39.2. The first kappa shape index (κ1) is 58.5. The van der Waals surface area contributed by atoms with Crippen molar-refractivity contribution in [2.45, 2.75) is 258 Å². The SMILES string of the molecule is CCCCCCC/C=C\C/C=C\CCCCCCCCCCCCCCCCCCCCCC(=O)OC(COC(=O)CCCCCCCCCC)COP(=O)(O)OCCN. The number of nitrogens with two attached hydrogens (primary N) is 1. The van der Waals surface area contributed by atoms with Crippen LogP contribution in [0.5, 0.6) is 0 Å². The second kappa shape index (κ2) is 47.0. The Kier molecular flexibility index (Phi) is 45.8. The molecule has 3 N–H and O–H groups in total. The van der Waals surface area contributed by atoms with Gasteiger partial charge in [0.1, 0.15) is 6.61 Å². The largest absolute Gasteiger partial charge is 0.472 e. The van der Waals surface area contributed by atoms with E-state index < -0.39 is 26.5 Å². The maximum absolute atomic E-state index is 12.6. The number of esters is 2. The van der Waals surface area contributed by atoms with Gasteiger partial charge in [0.2, 0.25) is 0 Å². The van der Waals surface area contributed by atoms with Gasteiger partial charge in [0, 0.05) is 19.4 Å². The third-order valence-corrected chi connectivity index (χ3v) is 12.1. The molecular formula is C50H96NO8P. The fraction of sp³-hybridized carbons (Fsp3) is 0.880. The van der Waals surface area contributed by atoms with Crippen LogP contribution in [0, 0.1) is 0 Å². The lowest BCUT2D eigenvalue weighted by Gasteiger charge is -2.19. The number of carbonyl (C=O) groups is 2. The predicted octanol–water partition coefficient (Wildman–Crippen LogP) is 15.1. The van der Waals surface area contributed by atoms with Gasteiger partial charge in [-0.05, 0) is 44.9 Å². The first-order valence-electron chi connectivity index (χ1n) is 25.3. The first-order valence-corrected chi connectivity index (χ1v) is 26.8. The van der Waals surface area contributed by atoms with E-state index in [9.17, 15) is 19.0 Å². The Labute approximate surface area is 370 Å². The number of carbonyl (C=O) groups excluding carboxylic acids is 2. The van der Waals surface area contributed by atoms with E-state index in [-0.39, 0.29) is 38.6 Å². The van der Waals surface area contributed by atoms with Crippen LogP contribution in [0.15, 0.2) is 24.3 Å². The molecular weight excluding hydrogens is 774 g/mol. The summed E-state index contributed by atoms with van der Waals surface area (Å²) < 4.78 is 32.7. The van der Waals surface area contributed by atoms with Gasteiger partial charge in [-0.3, -0.25) is 18.6 Å². The number of allylic oxidation sites excluding steroid dienone is 4. The van der Waals surface area contributed by atoms with Crippen molar-refractivity contribution in [3.05, 3.63) is 24.3 Å². The standard InChI is InChI=1S/C50H96NO8P/c1-3-5-7-9-11-13-14-15-16-17-18-19-20-21-22-23-24-25-26-27-28-29-30-31-32-33-34-35-37-39-41-43-50(53)59-48(47-58-60(54,55)57-45-44-51)46-56-49(52)42-40-38-36-12-10-8-6-4-2/h14-15,17-18,48H,3-13,16,19-47,51H2,1-2H3,(H,54,55)/b15-14-,18-17-. The van der Waals surface area contributed by atoms with Crippen molar-refractivity contribution in [3.8, 4) is 0 Å². The highest BCUT2D eigenvalue weighted by molar-refractivity contribution is 7.47. The van der Waals surface area contributed by atoms with Gasteiger partial charge in [-0.1, -0.05) is 218 Å². The Balaban J connectivity index is 3.80. The van der Waals surface area contributed by atoms with Gasteiger partial charge in [-0.15, -0.1) is 0 Å². The quantitative estimate of drug-likeness (QED) is 0.0265. The topological polar surface area (TPSA) is 134 Å². The zero-order chi connectivity index (χ0) is 43.9. The Bertz CT molecular complexity index is 1040. The molecule has 0 bridgehead atoms. The fourth-order valence-corrected chi connectivity index (χ4v) is 8.08. The second-order valence-electron chi connectivity index (χ2n) is 17.0. The van der Waals surface area contributed by atoms with Crippen molar-refractivity contribution in [3.63, 3.8) is 0 Å². The molecule has 0 aromatic heterocycles. The predicted molar refractivity (Wildman–Crippen MR) is 252 cm³/mol. The summed E-state index contributed by atoms with van der Waals surface area (Å²) in [7, 11) is -4.37. The zero-order valence-corrected chi connectivity index (χ0v) is 40.1. The minimum atomic E-state index is -4.37. The third kappa shape index (κ3) is 46.0. The van der Waals surface area contributed by atoms with E-state index >= 15 is 0 Å². The van der Waals surface area contributed by atoms with Crippen LogP contribution >= 0.6 is 7.82 Å². The number of hydrogen-bond acceptors (Lipinski definition) is 8. The molecule has 0 spiro atoms. The van der Waals surface area contributed by atoms with E-state index in [1.54, 1.807) is 0 Å². The molecule has 0 aromatic carbocycles. The molecule has 9 nitrogen and oxygen atoms in total. The third-order valence-electron chi connectivity index (χ3n) is 11.1. The number of rotatable bonds is 48. The van der Waals surface area contributed by atoms with Crippen molar-refractivity contribution < 1.29 is 37.6 Å². The van der Waals surface area contributed by atoms with Crippen molar-refractivity contribution >= 4 is 19.8 Å². The molecule has 0 rings (SSSR count). The molecule has 0 aliphatic rings. The maximum atomic E-state index is 12.6. The lowest BCUT2D eigenvalue weighted by atomic mass is 10.0. The normalized spacial score (nSPS) is 13.3. The Morgan fingerprint density at radius 1 is 0.500 bits per heavy atom. The minimum Gasteiger partial charge on any atom is -0.462 e. The van der Waals surface area contributed by atoms with Crippen LogP contribution in [0.3, 0.4) is 0 Å². The molecule has 354 valence electrons. The summed E-state index contributed by atoms with van der Waals surface area (Å²) in [6.07, 6.45) is 52.6. The molecule has 60 heavy (non-hydrogen) atoms. The van der Waals surface area contributed by atoms with Crippen molar-refractivity contribution in [2.24, 2.45) is 5.73 Å². The number of phosphoric ester groups is 1. The van der Waals surface area contributed by atoms with Crippen LogP contribution in [0.4, 0.5) is 0 Å². The fourth-order valence-electron chi connectivity index (χ4n) is 7.31. The molecule has 2 unspecified atom stereocenters. The molecule has 0 aliphatic carbocycles. The number of phosphoric acid groups is 1. The van der Waals surface area contributed by atoms with E-state index in [2.05, 4.69) is 38.2 Å². The van der Waals surface area contributed by atoms with Crippen molar-refractivity contribution in [1.29, 1.82) is 0 Å². The highest BCUT2D eigenvalue weighted by Gasteiger charge is 2.26. The Hall–Kier alpha value is -1.51. The number of hydrogen-bond donors (Lipinski definition) is 2. The van der Waals surface area contributed by atoms with Crippen LogP contribution < -0.4 is 5.73 Å². The number of ether oxygens (including phenoxy) is 2. The van der Waals surface area contributed by atoms with E-state index in [1.165, 1.54) is 180 Å². The van der Waals surface area contributed by atoms with Crippen LogP contribution in [-0.4, -0.2) is 49.3 Å². The minimum absolute atomic E-state index is 0.0561. The molecule has 0 saturated carbocycles. The van der Waals surface area contributed by atoms with E-state index in [1.807, 2.05) is 0 Å². The molecule has 0 aliphatic heterocycles. The second-order valence-corrected chi connectivity index (χ2v) is 18.5. The molecule has 0 fully saturated rings. The van der Waals surface area contributed by atoms with Gasteiger partial charge >= 0.3 is 19.8 Å². The number of unbranched alkanes of at least 4 members (excludes halogenated alkanes) is 31. The lowest BCUT2D eigenvalue weighted by molar-refractivity contribution is -0.161. The van der Waals surface area contributed by atoms with Gasteiger partial charge in [0.25, 0.3) is 0 Å². The summed E-state index contributed by atoms with van der Waals surface area (Å²) in [4.78, 5) is 34.8. The Morgan fingerprint density at radius 2 is 0.867 bits per heavy atom. The van der Waals surface area contributed by atoms with Crippen LogP contribution in [0.25, 0.3) is 0 Å². The molecule has 0 radical (unpaired) electrons. The monoisotopic (exact) mass is 870 g/mol. The maximum Gasteiger partial charge on any atom is 0.472 e. The summed E-state index contributed by atoms with van der Waals surface area (Å²) in [5, 5.41) is 0. The van der Waals surface area contributed by atoms with Gasteiger partial charge < -0.3 is 20.1 Å². The summed E-state index contributed by atoms with van der Waals surface area (Å²) >= 11 is 0. The first-order chi connectivity index (χ1) is 29.3. The van der Waals surface area contributed by atoms with Crippen LogP contribution in [-0.2, 0) is 32.7 Å². The van der Waals surface area contributed by atoms with Gasteiger partial charge in [0.15, 0.2) is 6.10 Å². The van der Waals surface area contributed by atoms with Crippen molar-refractivity contribution in [1.82, 2.24) is 0 Å². The highest BCUT2D eigenvalue weighted by atomic mass is 31.2. The summed E-state index contributed by atoms with van der Waals surface area (Å²) in [6.45, 7) is 3.72. The van der Waals surface area contributed by atoms with Gasteiger partial charge in [-0.2, -0.15) is 0 Å². The highest BCUT2D eigenvalue weighted by Crippen LogP contribution is 2.43. The summed E-state index contributed by atoms with van der Waals surface area (Å²) in [5.74, 6) is -0.822. The van der Waals surface area contributed by atoms with E-state index in [0.29, 0.717) is 6.42 Å². The molecule has 0 amide bonds. The summed E-state index contributed by atoms with van der Waals surface area (Å²) in [5.41, 5.74) is 5.35. The average molecular weight is 870 g/mol. The lowest BCUT2D eigenvalue weighted by Crippen LogP contribution is -2.29. The molecule has 2 atom stereocenters. The molecule has 0 aromatic rings. The van der Waals surface area contributed by atoms with E-state index in [0.717, 1.165) is 38.5 Å². The van der Waals surface area contributed by atoms with Gasteiger partial charge in [-0.25, -0.2) is 4.57 Å². The van der Waals surface area contributed by atoms with Crippen molar-refractivity contribution in [2.75, 3.05) is 26.4 Å².